The zero-order chi connectivity index (χ0) is 14.5. The SMILES string of the molecule is CCCNC(Cc1cc(Br)cs1)c1cc(Br)cc(Br)c1. The largest absolute Gasteiger partial charge is 0.310 e. The third kappa shape index (κ3) is 4.95. The topological polar surface area (TPSA) is 12.0 Å². The first-order chi connectivity index (χ1) is 9.58. The molecule has 0 fully saturated rings. The van der Waals surface area contributed by atoms with Crippen LogP contribution in [0.3, 0.4) is 0 Å². The molecule has 1 heterocycles. The summed E-state index contributed by atoms with van der Waals surface area (Å²) < 4.78 is 3.39. The van der Waals surface area contributed by atoms with E-state index in [1.807, 2.05) is 0 Å². The third-order valence-electron chi connectivity index (χ3n) is 2.96. The molecule has 1 nitrogen and oxygen atoms in total. The maximum absolute atomic E-state index is 3.65. The molecule has 1 N–H and O–H groups in total. The van der Waals surface area contributed by atoms with E-state index < -0.39 is 0 Å². The molecule has 0 aliphatic carbocycles. The van der Waals surface area contributed by atoms with Crippen LogP contribution >= 0.6 is 59.1 Å². The molecular formula is C15H16Br3NS. The second-order valence-corrected chi connectivity index (χ2v) is 8.39. The summed E-state index contributed by atoms with van der Waals surface area (Å²) in [6.45, 7) is 3.23. The fourth-order valence-electron chi connectivity index (χ4n) is 2.06. The smallest absolute Gasteiger partial charge is 0.0369 e. The molecule has 0 aliphatic heterocycles. The summed E-state index contributed by atoms with van der Waals surface area (Å²) >= 11 is 12.5. The van der Waals surface area contributed by atoms with E-state index in [1.54, 1.807) is 11.3 Å². The van der Waals surface area contributed by atoms with Gasteiger partial charge in [0.1, 0.15) is 0 Å². The molecule has 1 atom stereocenters. The fraction of sp³-hybridized carbons (Fsp3) is 0.333. The van der Waals surface area contributed by atoms with Crippen molar-refractivity contribution in [2.45, 2.75) is 25.8 Å². The van der Waals surface area contributed by atoms with Crippen LogP contribution in [0.4, 0.5) is 0 Å². The molecule has 0 spiro atoms. The zero-order valence-electron chi connectivity index (χ0n) is 11.1. The standard InChI is InChI=1S/C15H16Br3NS/c1-2-3-19-15(8-14-7-13(18)9-20-14)10-4-11(16)6-12(17)5-10/h4-7,9,15,19H,2-3,8H2,1H3. The van der Waals surface area contributed by atoms with Crippen molar-refractivity contribution in [3.05, 3.63) is 53.5 Å². The van der Waals surface area contributed by atoms with E-state index in [0.29, 0.717) is 6.04 Å². The van der Waals surface area contributed by atoms with Crippen LogP contribution in [0.2, 0.25) is 0 Å². The Hall–Kier alpha value is 0.320. The van der Waals surface area contributed by atoms with Crippen molar-refractivity contribution < 1.29 is 0 Å². The molecular weight excluding hydrogens is 466 g/mol. The lowest BCUT2D eigenvalue weighted by Crippen LogP contribution is -2.23. The molecule has 0 saturated carbocycles. The minimum atomic E-state index is 0.342. The van der Waals surface area contributed by atoms with Crippen molar-refractivity contribution in [1.29, 1.82) is 0 Å². The Morgan fingerprint density at radius 1 is 1.05 bits per heavy atom. The normalized spacial score (nSPS) is 12.6. The van der Waals surface area contributed by atoms with Gasteiger partial charge in [-0.2, -0.15) is 0 Å². The number of halogens is 3. The number of nitrogens with one attached hydrogen (secondary N) is 1. The third-order valence-corrected chi connectivity index (χ3v) is 5.59. The van der Waals surface area contributed by atoms with Gasteiger partial charge in [-0.3, -0.25) is 0 Å². The lowest BCUT2D eigenvalue weighted by atomic mass is 10.0. The van der Waals surface area contributed by atoms with Gasteiger partial charge < -0.3 is 5.32 Å². The Morgan fingerprint density at radius 2 is 1.75 bits per heavy atom. The number of hydrogen-bond acceptors (Lipinski definition) is 2. The van der Waals surface area contributed by atoms with Crippen LogP contribution in [-0.4, -0.2) is 6.54 Å². The van der Waals surface area contributed by atoms with E-state index in [1.165, 1.54) is 14.9 Å². The van der Waals surface area contributed by atoms with Crippen LogP contribution in [0, 0.1) is 0 Å². The molecule has 0 saturated heterocycles. The van der Waals surface area contributed by atoms with Gasteiger partial charge in [-0.15, -0.1) is 11.3 Å². The van der Waals surface area contributed by atoms with E-state index in [9.17, 15) is 0 Å². The molecule has 2 rings (SSSR count). The highest BCUT2D eigenvalue weighted by Gasteiger charge is 2.14. The van der Waals surface area contributed by atoms with Crippen molar-refractivity contribution >= 4 is 59.1 Å². The van der Waals surface area contributed by atoms with E-state index in [0.717, 1.165) is 28.3 Å². The molecule has 1 unspecified atom stereocenters. The van der Waals surface area contributed by atoms with Crippen molar-refractivity contribution in [2.75, 3.05) is 6.54 Å². The quantitative estimate of drug-likeness (QED) is 0.509. The van der Waals surface area contributed by atoms with Gasteiger partial charge in [-0.25, -0.2) is 0 Å². The Morgan fingerprint density at radius 3 is 2.30 bits per heavy atom. The van der Waals surface area contributed by atoms with Crippen molar-refractivity contribution in [1.82, 2.24) is 5.32 Å². The highest BCUT2D eigenvalue weighted by molar-refractivity contribution is 9.11. The summed E-state index contributed by atoms with van der Waals surface area (Å²) in [6.07, 6.45) is 2.15. The minimum Gasteiger partial charge on any atom is -0.310 e. The summed E-state index contributed by atoms with van der Waals surface area (Å²) in [5.41, 5.74) is 1.31. The molecule has 20 heavy (non-hydrogen) atoms. The Labute approximate surface area is 149 Å². The summed E-state index contributed by atoms with van der Waals surface area (Å²) in [4.78, 5) is 1.39. The van der Waals surface area contributed by atoms with Crippen LogP contribution < -0.4 is 5.32 Å². The van der Waals surface area contributed by atoms with Crippen molar-refractivity contribution in [2.24, 2.45) is 0 Å². The maximum atomic E-state index is 3.65. The van der Waals surface area contributed by atoms with Gasteiger partial charge in [0.2, 0.25) is 0 Å². The van der Waals surface area contributed by atoms with Gasteiger partial charge in [-0.05, 0) is 58.7 Å². The first-order valence-corrected chi connectivity index (χ1v) is 9.76. The van der Waals surface area contributed by atoms with Gasteiger partial charge in [0.05, 0.1) is 0 Å². The minimum absolute atomic E-state index is 0.342. The number of benzene rings is 1. The monoisotopic (exact) mass is 479 g/mol. The maximum Gasteiger partial charge on any atom is 0.0369 e. The van der Waals surface area contributed by atoms with Gasteiger partial charge in [0.15, 0.2) is 0 Å². The number of rotatable bonds is 6. The first kappa shape index (κ1) is 16.7. The molecule has 0 radical (unpaired) electrons. The highest BCUT2D eigenvalue weighted by atomic mass is 79.9. The van der Waals surface area contributed by atoms with Gasteiger partial charge in [0, 0.05) is 36.1 Å². The van der Waals surface area contributed by atoms with Crippen molar-refractivity contribution in [3.63, 3.8) is 0 Å². The lowest BCUT2D eigenvalue weighted by molar-refractivity contribution is 0.532. The molecule has 108 valence electrons. The molecule has 2 aromatic rings. The van der Waals surface area contributed by atoms with Crippen LogP contribution in [0.1, 0.15) is 29.8 Å². The predicted octanol–water partition coefficient (Wildman–Crippen LogP) is 6.32. The predicted molar refractivity (Wildman–Crippen MR) is 98.6 cm³/mol. The summed E-state index contributed by atoms with van der Waals surface area (Å²) in [5, 5.41) is 5.79. The van der Waals surface area contributed by atoms with E-state index in [2.05, 4.69) is 89.7 Å². The van der Waals surface area contributed by atoms with Crippen LogP contribution in [0.5, 0.6) is 0 Å². The van der Waals surface area contributed by atoms with E-state index >= 15 is 0 Å². The number of hydrogen-bond donors (Lipinski definition) is 1. The molecule has 1 aromatic heterocycles. The average Bonchev–Trinajstić information content (AvgIpc) is 2.79. The number of thiophene rings is 1. The Bertz CT molecular complexity index is 548. The van der Waals surface area contributed by atoms with E-state index in [-0.39, 0.29) is 0 Å². The van der Waals surface area contributed by atoms with Crippen LogP contribution in [0.25, 0.3) is 0 Å². The van der Waals surface area contributed by atoms with Gasteiger partial charge >= 0.3 is 0 Å². The lowest BCUT2D eigenvalue weighted by Gasteiger charge is -2.19. The molecule has 1 aromatic carbocycles. The summed E-state index contributed by atoms with van der Waals surface area (Å²) in [6, 6.07) is 9.01. The Balaban J connectivity index is 2.21. The molecule has 0 bridgehead atoms. The van der Waals surface area contributed by atoms with Crippen molar-refractivity contribution in [3.8, 4) is 0 Å². The second kappa shape index (κ2) is 8.08. The zero-order valence-corrected chi connectivity index (χ0v) is 16.7. The van der Waals surface area contributed by atoms with Crippen LogP contribution in [0.15, 0.2) is 43.1 Å². The molecule has 0 aliphatic rings. The Kier molecular flexibility index (Phi) is 6.75. The van der Waals surface area contributed by atoms with E-state index in [4.69, 9.17) is 0 Å². The first-order valence-electron chi connectivity index (χ1n) is 6.50. The average molecular weight is 482 g/mol. The summed E-state index contributed by atoms with van der Waals surface area (Å²) in [5.74, 6) is 0. The van der Waals surface area contributed by atoms with Gasteiger partial charge in [-0.1, -0.05) is 38.8 Å². The van der Waals surface area contributed by atoms with Crippen LogP contribution in [-0.2, 0) is 6.42 Å². The second-order valence-electron chi connectivity index (χ2n) is 4.64. The van der Waals surface area contributed by atoms with Gasteiger partial charge in [0.25, 0.3) is 0 Å². The molecule has 0 amide bonds. The molecule has 5 heteroatoms. The fourth-order valence-corrected chi connectivity index (χ4v) is 4.89. The summed E-state index contributed by atoms with van der Waals surface area (Å²) in [7, 11) is 0. The highest BCUT2D eigenvalue weighted by Crippen LogP contribution is 2.29.